The molecule has 3 aromatic rings. The fourth-order valence-electron chi connectivity index (χ4n) is 2.44. The Bertz CT molecular complexity index is 962. The maximum absolute atomic E-state index is 11.5. The minimum absolute atomic E-state index is 0.0634. The van der Waals surface area contributed by atoms with E-state index in [9.17, 15) is 9.90 Å². The maximum Gasteiger partial charge on any atom is 0.341 e. The number of methoxy groups -OCH3 is 2. The molecule has 0 aliphatic heterocycles. The number of ether oxygens (including phenoxy) is 2. The molecule has 0 saturated carbocycles. The van der Waals surface area contributed by atoms with E-state index < -0.39 is 5.97 Å². The Labute approximate surface area is 155 Å². The van der Waals surface area contributed by atoms with Crippen molar-refractivity contribution in [1.29, 1.82) is 0 Å². The average molecular weight is 366 g/mol. The summed E-state index contributed by atoms with van der Waals surface area (Å²) in [5.74, 6) is 0.395. The number of nitrogens with zero attached hydrogens (tertiary/aromatic N) is 2. The molecule has 0 aliphatic rings. The summed E-state index contributed by atoms with van der Waals surface area (Å²) in [6.45, 7) is 0. The number of para-hydroxylation sites is 4. The topological polar surface area (TPSA) is 106 Å². The zero-order valence-electron chi connectivity index (χ0n) is 14.8. The van der Waals surface area contributed by atoms with Gasteiger partial charge in [-0.05, 0) is 24.3 Å². The summed E-state index contributed by atoms with van der Waals surface area (Å²) < 4.78 is 10.6. The van der Waals surface area contributed by atoms with E-state index in [1.54, 1.807) is 37.4 Å². The summed E-state index contributed by atoms with van der Waals surface area (Å²) in [5.41, 5.74) is 1.18. The lowest BCUT2D eigenvalue weighted by atomic mass is 10.2. The lowest BCUT2D eigenvalue weighted by Gasteiger charge is -2.14. The van der Waals surface area contributed by atoms with Gasteiger partial charge in [0.05, 0.1) is 25.6 Å². The molecule has 8 nitrogen and oxygen atoms in total. The minimum atomic E-state index is -1.14. The number of hydrogen-bond donors (Lipinski definition) is 3. The van der Waals surface area contributed by atoms with Crippen LogP contribution in [0.5, 0.6) is 11.5 Å². The van der Waals surface area contributed by atoms with Gasteiger partial charge in [0.15, 0.2) is 5.82 Å². The van der Waals surface area contributed by atoms with Crippen molar-refractivity contribution in [2.24, 2.45) is 0 Å². The first kappa shape index (κ1) is 18.0. The molecule has 0 bridgehead atoms. The molecule has 2 aromatic carbocycles. The number of carboxylic acid groups (broad SMARTS) is 1. The lowest BCUT2D eigenvalue weighted by molar-refractivity contribution is 0.0697. The molecular formula is C19H18N4O4. The molecule has 3 N–H and O–H groups in total. The molecule has 0 aliphatic carbocycles. The zero-order chi connectivity index (χ0) is 19.2. The first-order chi connectivity index (χ1) is 13.1. The number of benzene rings is 2. The molecule has 1 heterocycles. The fourth-order valence-corrected chi connectivity index (χ4v) is 2.44. The summed E-state index contributed by atoms with van der Waals surface area (Å²) in [4.78, 5) is 19.9. The lowest BCUT2D eigenvalue weighted by Crippen LogP contribution is -2.09. The third-order valence-corrected chi connectivity index (χ3v) is 3.73. The quantitative estimate of drug-likeness (QED) is 0.581. The van der Waals surface area contributed by atoms with E-state index in [0.29, 0.717) is 22.9 Å². The van der Waals surface area contributed by atoms with Crippen LogP contribution in [-0.4, -0.2) is 35.3 Å². The number of aromatic nitrogens is 2. The molecule has 3 rings (SSSR count). The van der Waals surface area contributed by atoms with Crippen molar-refractivity contribution in [2.75, 3.05) is 24.9 Å². The second kappa shape index (κ2) is 8.05. The molecule has 0 radical (unpaired) electrons. The fraction of sp³-hybridized carbons (Fsp3) is 0.105. The highest BCUT2D eigenvalue weighted by Crippen LogP contribution is 2.30. The van der Waals surface area contributed by atoms with E-state index in [2.05, 4.69) is 20.6 Å². The maximum atomic E-state index is 11.5. The van der Waals surface area contributed by atoms with Gasteiger partial charge in [0.2, 0.25) is 5.95 Å². The van der Waals surface area contributed by atoms with Crippen LogP contribution in [0, 0.1) is 0 Å². The number of hydrogen-bond acceptors (Lipinski definition) is 7. The first-order valence-electron chi connectivity index (χ1n) is 8.02. The van der Waals surface area contributed by atoms with E-state index in [0.717, 1.165) is 0 Å². The van der Waals surface area contributed by atoms with E-state index in [-0.39, 0.29) is 17.3 Å². The van der Waals surface area contributed by atoms with Gasteiger partial charge in [-0.2, -0.15) is 4.98 Å². The molecule has 0 fully saturated rings. The van der Waals surface area contributed by atoms with Crippen LogP contribution in [0.2, 0.25) is 0 Å². The Balaban J connectivity index is 1.97. The standard InChI is InChI=1S/C19H18N4O4/c1-26-15-9-5-3-7-13(15)21-17-12(18(24)25)11-20-19(23-17)22-14-8-4-6-10-16(14)27-2/h3-11H,1-2H3,(H,24,25)(H2,20,21,22,23). The van der Waals surface area contributed by atoms with Crippen molar-refractivity contribution < 1.29 is 19.4 Å². The third kappa shape index (κ3) is 4.06. The molecule has 8 heteroatoms. The minimum Gasteiger partial charge on any atom is -0.495 e. The molecule has 0 saturated heterocycles. The Morgan fingerprint density at radius 3 is 2.04 bits per heavy atom. The largest absolute Gasteiger partial charge is 0.495 e. The third-order valence-electron chi connectivity index (χ3n) is 3.73. The highest BCUT2D eigenvalue weighted by atomic mass is 16.5. The summed E-state index contributed by atoms with van der Waals surface area (Å²) in [5, 5.41) is 15.5. The van der Waals surface area contributed by atoms with Gasteiger partial charge in [0.25, 0.3) is 0 Å². The van der Waals surface area contributed by atoms with E-state index in [4.69, 9.17) is 9.47 Å². The molecule has 138 valence electrons. The summed E-state index contributed by atoms with van der Waals surface area (Å²) in [7, 11) is 3.09. The Morgan fingerprint density at radius 2 is 1.48 bits per heavy atom. The second-order valence-corrected chi connectivity index (χ2v) is 5.41. The predicted molar refractivity (Wildman–Crippen MR) is 102 cm³/mol. The number of carboxylic acids is 1. The van der Waals surface area contributed by atoms with Crippen molar-refractivity contribution in [2.45, 2.75) is 0 Å². The van der Waals surface area contributed by atoms with Crippen LogP contribution in [0.3, 0.4) is 0 Å². The van der Waals surface area contributed by atoms with Gasteiger partial charge in [-0.3, -0.25) is 0 Å². The van der Waals surface area contributed by atoms with Gasteiger partial charge < -0.3 is 25.2 Å². The van der Waals surface area contributed by atoms with Crippen LogP contribution in [0.1, 0.15) is 10.4 Å². The Morgan fingerprint density at radius 1 is 0.926 bits per heavy atom. The molecule has 0 spiro atoms. The number of rotatable bonds is 7. The van der Waals surface area contributed by atoms with Crippen LogP contribution in [-0.2, 0) is 0 Å². The molecule has 27 heavy (non-hydrogen) atoms. The van der Waals surface area contributed by atoms with Crippen LogP contribution >= 0.6 is 0 Å². The van der Waals surface area contributed by atoms with Gasteiger partial charge in [-0.15, -0.1) is 0 Å². The van der Waals surface area contributed by atoms with Gasteiger partial charge in [-0.1, -0.05) is 24.3 Å². The smallest absolute Gasteiger partial charge is 0.341 e. The van der Waals surface area contributed by atoms with Crippen molar-refractivity contribution in [3.05, 3.63) is 60.3 Å². The molecule has 1 aromatic heterocycles. The van der Waals surface area contributed by atoms with Crippen LogP contribution in [0.15, 0.2) is 54.7 Å². The van der Waals surface area contributed by atoms with E-state index >= 15 is 0 Å². The molecule has 0 atom stereocenters. The van der Waals surface area contributed by atoms with Gasteiger partial charge in [0, 0.05) is 6.20 Å². The summed E-state index contributed by atoms with van der Waals surface area (Å²) in [6, 6.07) is 14.4. The molecular weight excluding hydrogens is 348 g/mol. The number of carbonyl (C=O) groups is 1. The number of anilines is 4. The Hall–Kier alpha value is -3.81. The van der Waals surface area contributed by atoms with Crippen molar-refractivity contribution >= 4 is 29.1 Å². The molecule has 0 amide bonds. The second-order valence-electron chi connectivity index (χ2n) is 5.41. The summed E-state index contributed by atoms with van der Waals surface area (Å²) >= 11 is 0. The predicted octanol–water partition coefficient (Wildman–Crippen LogP) is 3.68. The van der Waals surface area contributed by atoms with Gasteiger partial charge >= 0.3 is 5.97 Å². The van der Waals surface area contributed by atoms with Crippen molar-refractivity contribution in [3.63, 3.8) is 0 Å². The van der Waals surface area contributed by atoms with E-state index in [1.807, 2.05) is 18.2 Å². The van der Waals surface area contributed by atoms with Crippen LogP contribution in [0.4, 0.5) is 23.1 Å². The molecule has 0 unspecified atom stereocenters. The van der Waals surface area contributed by atoms with Crippen molar-refractivity contribution in [1.82, 2.24) is 9.97 Å². The van der Waals surface area contributed by atoms with Crippen LogP contribution < -0.4 is 20.1 Å². The number of nitrogens with one attached hydrogen (secondary N) is 2. The highest BCUT2D eigenvalue weighted by Gasteiger charge is 2.16. The van der Waals surface area contributed by atoms with Crippen molar-refractivity contribution in [3.8, 4) is 11.5 Å². The Kier molecular flexibility index (Phi) is 5.36. The monoisotopic (exact) mass is 366 g/mol. The normalized spacial score (nSPS) is 10.1. The van der Waals surface area contributed by atoms with Gasteiger partial charge in [0.1, 0.15) is 17.1 Å². The van der Waals surface area contributed by atoms with Crippen LogP contribution in [0.25, 0.3) is 0 Å². The van der Waals surface area contributed by atoms with E-state index in [1.165, 1.54) is 13.3 Å². The first-order valence-corrected chi connectivity index (χ1v) is 8.02. The summed E-state index contributed by atoms with van der Waals surface area (Å²) in [6.07, 6.45) is 1.24. The van der Waals surface area contributed by atoms with Gasteiger partial charge in [-0.25, -0.2) is 9.78 Å². The average Bonchev–Trinajstić information content (AvgIpc) is 2.69. The SMILES string of the molecule is COc1ccccc1Nc1ncc(C(=O)O)c(Nc2ccccc2OC)n1. The number of aromatic carboxylic acids is 1. The highest BCUT2D eigenvalue weighted by molar-refractivity contribution is 5.94. The zero-order valence-corrected chi connectivity index (χ0v) is 14.8.